The Morgan fingerprint density at radius 2 is 2.21 bits per heavy atom. The summed E-state index contributed by atoms with van der Waals surface area (Å²) in [4.78, 5) is 2.40. The Balaban J connectivity index is 1.84. The molecule has 0 aromatic heterocycles. The highest BCUT2D eigenvalue weighted by Crippen LogP contribution is 2.41. The molecule has 2 N–H and O–H groups in total. The number of nitrogens with zero attached hydrogens (tertiary/aromatic N) is 1. The highest BCUT2D eigenvalue weighted by atomic mass is 35.5. The zero-order chi connectivity index (χ0) is 13.4. The minimum absolute atomic E-state index is 0.109. The Labute approximate surface area is 119 Å². The first-order chi connectivity index (χ1) is 9.19. The van der Waals surface area contributed by atoms with Gasteiger partial charge in [0.15, 0.2) is 0 Å². The third-order valence-electron chi connectivity index (χ3n) is 4.57. The molecule has 1 aliphatic heterocycles. The molecule has 1 aliphatic carbocycles. The van der Waals surface area contributed by atoms with E-state index in [0.717, 1.165) is 37.5 Å². The van der Waals surface area contributed by atoms with Crippen LogP contribution in [0.15, 0.2) is 18.2 Å². The van der Waals surface area contributed by atoms with E-state index in [9.17, 15) is 5.11 Å². The summed E-state index contributed by atoms with van der Waals surface area (Å²) in [5.41, 5.74) is 2.50. The van der Waals surface area contributed by atoms with Gasteiger partial charge in [0.1, 0.15) is 0 Å². The van der Waals surface area contributed by atoms with Gasteiger partial charge in [-0.3, -0.25) is 0 Å². The molecule has 1 saturated heterocycles. The van der Waals surface area contributed by atoms with Gasteiger partial charge in [0.25, 0.3) is 0 Å². The van der Waals surface area contributed by atoms with Crippen LogP contribution in [-0.4, -0.2) is 31.3 Å². The summed E-state index contributed by atoms with van der Waals surface area (Å²) in [7, 11) is 1.96. The number of hydrogen-bond donors (Lipinski definition) is 2. The van der Waals surface area contributed by atoms with Gasteiger partial charge in [-0.05, 0) is 43.5 Å². The summed E-state index contributed by atoms with van der Waals surface area (Å²) in [5.74, 6) is 1.10. The summed E-state index contributed by atoms with van der Waals surface area (Å²) in [6.45, 7) is 2.86. The molecule has 1 heterocycles. The lowest BCUT2D eigenvalue weighted by molar-refractivity contribution is 0.133. The van der Waals surface area contributed by atoms with E-state index < -0.39 is 0 Å². The molecule has 3 unspecified atom stereocenters. The molecule has 1 aromatic rings. The van der Waals surface area contributed by atoms with Gasteiger partial charge in [-0.2, -0.15) is 0 Å². The third kappa shape index (κ3) is 2.47. The van der Waals surface area contributed by atoms with E-state index in [0.29, 0.717) is 11.8 Å². The molecule has 3 rings (SSSR count). The number of nitrogens with one attached hydrogen (secondary N) is 1. The van der Waals surface area contributed by atoms with Crippen molar-refractivity contribution in [2.24, 2.45) is 11.8 Å². The van der Waals surface area contributed by atoms with Crippen LogP contribution in [0.2, 0.25) is 5.02 Å². The van der Waals surface area contributed by atoms with Crippen molar-refractivity contribution in [3.63, 3.8) is 0 Å². The van der Waals surface area contributed by atoms with Crippen molar-refractivity contribution >= 4 is 17.3 Å². The maximum Gasteiger partial charge on any atom is 0.0588 e. The van der Waals surface area contributed by atoms with Gasteiger partial charge in [-0.1, -0.05) is 17.7 Å². The summed E-state index contributed by atoms with van der Waals surface area (Å²) in [6.07, 6.45) is 2.02. The van der Waals surface area contributed by atoms with Gasteiger partial charge >= 0.3 is 0 Å². The van der Waals surface area contributed by atoms with E-state index in [1.54, 1.807) is 0 Å². The number of aliphatic hydroxyl groups is 1. The predicted molar refractivity (Wildman–Crippen MR) is 78.6 cm³/mol. The topological polar surface area (TPSA) is 35.5 Å². The number of fused-ring (bicyclic) bond motifs is 1. The Hall–Kier alpha value is -0.770. The zero-order valence-corrected chi connectivity index (χ0v) is 12.0. The van der Waals surface area contributed by atoms with Crippen LogP contribution in [0, 0.1) is 11.8 Å². The van der Waals surface area contributed by atoms with Gasteiger partial charge in [-0.25, -0.2) is 0 Å². The fourth-order valence-corrected chi connectivity index (χ4v) is 3.77. The van der Waals surface area contributed by atoms with E-state index in [1.165, 1.54) is 11.3 Å². The zero-order valence-electron chi connectivity index (χ0n) is 11.3. The average Bonchev–Trinajstić information content (AvgIpc) is 2.95. The Bertz CT molecular complexity index is 465. The van der Waals surface area contributed by atoms with Crippen molar-refractivity contribution in [2.45, 2.75) is 25.5 Å². The van der Waals surface area contributed by atoms with Crippen LogP contribution in [0.1, 0.15) is 18.4 Å². The fourth-order valence-electron chi connectivity index (χ4n) is 3.60. The molecule has 2 fully saturated rings. The second kappa shape index (κ2) is 5.31. The molecule has 0 amide bonds. The number of hydrogen-bond acceptors (Lipinski definition) is 3. The predicted octanol–water partition coefficient (Wildman–Crippen LogP) is 2.27. The molecule has 104 valence electrons. The van der Waals surface area contributed by atoms with E-state index in [-0.39, 0.29) is 6.10 Å². The summed E-state index contributed by atoms with van der Waals surface area (Å²) in [6, 6.07) is 6.10. The largest absolute Gasteiger partial charge is 0.393 e. The molecule has 0 bridgehead atoms. The van der Waals surface area contributed by atoms with E-state index in [4.69, 9.17) is 11.6 Å². The second-order valence-corrected chi connectivity index (χ2v) is 6.21. The molecule has 3 nitrogen and oxygen atoms in total. The third-order valence-corrected chi connectivity index (χ3v) is 4.81. The van der Waals surface area contributed by atoms with Crippen LogP contribution in [0.4, 0.5) is 5.69 Å². The molecular weight excluding hydrogens is 260 g/mol. The second-order valence-electron chi connectivity index (χ2n) is 5.78. The summed E-state index contributed by atoms with van der Waals surface area (Å²) >= 11 is 6.15. The van der Waals surface area contributed by atoms with E-state index in [2.05, 4.69) is 22.3 Å². The minimum atomic E-state index is -0.109. The van der Waals surface area contributed by atoms with Gasteiger partial charge in [0.05, 0.1) is 6.10 Å². The number of rotatable bonds is 3. The Kier molecular flexibility index (Phi) is 3.70. The summed E-state index contributed by atoms with van der Waals surface area (Å²) in [5, 5.41) is 14.0. The number of anilines is 1. The van der Waals surface area contributed by atoms with Crippen LogP contribution >= 0.6 is 11.6 Å². The first-order valence-electron chi connectivity index (χ1n) is 7.05. The molecule has 1 aromatic carbocycles. The van der Waals surface area contributed by atoms with Crippen molar-refractivity contribution in [2.75, 3.05) is 25.0 Å². The van der Waals surface area contributed by atoms with Gasteiger partial charge in [-0.15, -0.1) is 0 Å². The van der Waals surface area contributed by atoms with Crippen molar-refractivity contribution < 1.29 is 5.11 Å². The smallest absolute Gasteiger partial charge is 0.0588 e. The maximum atomic E-state index is 10.0. The SMILES string of the molecule is CNCc1ccc(Cl)cc1N1CC2CCC(O)C2C1. The number of benzene rings is 1. The van der Waals surface area contributed by atoms with Crippen molar-refractivity contribution in [3.8, 4) is 0 Å². The van der Waals surface area contributed by atoms with Crippen molar-refractivity contribution in [1.82, 2.24) is 5.32 Å². The number of halogens is 1. The van der Waals surface area contributed by atoms with Crippen LogP contribution < -0.4 is 10.2 Å². The van der Waals surface area contributed by atoms with Gasteiger partial charge < -0.3 is 15.3 Å². The molecule has 3 atom stereocenters. The molecule has 19 heavy (non-hydrogen) atoms. The van der Waals surface area contributed by atoms with Crippen LogP contribution in [0.5, 0.6) is 0 Å². The summed E-state index contributed by atoms with van der Waals surface area (Å²) < 4.78 is 0. The minimum Gasteiger partial charge on any atom is -0.393 e. The van der Waals surface area contributed by atoms with Crippen LogP contribution in [0.3, 0.4) is 0 Å². The molecule has 4 heteroatoms. The lowest BCUT2D eigenvalue weighted by Gasteiger charge is -2.24. The molecule has 0 radical (unpaired) electrons. The van der Waals surface area contributed by atoms with Crippen molar-refractivity contribution in [1.29, 1.82) is 0 Å². The average molecular weight is 281 g/mol. The highest BCUT2D eigenvalue weighted by molar-refractivity contribution is 6.30. The van der Waals surface area contributed by atoms with E-state index >= 15 is 0 Å². The fraction of sp³-hybridized carbons (Fsp3) is 0.600. The Morgan fingerprint density at radius 3 is 2.95 bits per heavy atom. The Morgan fingerprint density at radius 1 is 1.37 bits per heavy atom. The number of aliphatic hydroxyl groups excluding tert-OH is 1. The lowest BCUT2D eigenvalue weighted by atomic mass is 10.00. The standard InChI is InChI=1S/C15H21ClN2O/c1-17-7-10-2-4-12(16)6-14(10)18-8-11-3-5-15(19)13(11)9-18/h2,4,6,11,13,15,17,19H,3,5,7-9H2,1H3. The first kappa shape index (κ1) is 13.2. The first-order valence-corrected chi connectivity index (χ1v) is 7.43. The monoisotopic (exact) mass is 280 g/mol. The molecule has 1 saturated carbocycles. The van der Waals surface area contributed by atoms with Crippen molar-refractivity contribution in [3.05, 3.63) is 28.8 Å². The normalized spacial score (nSPS) is 29.8. The van der Waals surface area contributed by atoms with Gasteiger partial charge in [0, 0.05) is 36.3 Å². The quantitative estimate of drug-likeness (QED) is 0.892. The van der Waals surface area contributed by atoms with Crippen LogP contribution in [0.25, 0.3) is 0 Å². The van der Waals surface area contributed by atoms with E-state index in [1.807, 2.05) is 13.1 Å². The molecule has 2 aliphatic rings. The van der Waals surface area contributed by atoms with Gasteiger partial charge in [0.2, 0.25) is 0 Å². The van der Waals surface area contributed by atoms with Crippen LogP contribution in [-0.2, 0) is 6.54 Å². The molecular formula is C15H21ClN2O. The highest BCUT2D eigenvalue weighted by Gasteiger charge is 2.42. The maximum absolute atomic E-state index is 10.0. The molecule has 0 spiro atoms. The lowest BCUT2D eigenvalue weighted by Crippen LogP contribution is -2.25.